The van der Waals surface area contributed by atoms with Gasteiger partial charge >= 0.3 is 0 Å². The second-order valence-electron chi connectivity index (χ2n) is 4.86. The molecule has 0 saturated carbocycles. The van der Waals surface area contributed by atoms with Crippen LogP contribution in [0.15, 0.2) is 23.1 Å². The topological polar surface area (TPSA) is 67.4 Å². The minimum absolute atomic E-state index is 0.0282. The molecule has 0 amide bonds. The van der Waals surface area contributed by atoms with Gasteiger partial charge in [-0.15, -0.1) is 0 Å². The van der Waals surface area contributed by atoms with E-state index in [0.29, 0.717) is 6.54 Å². The van der Waals surface area contributed by atoms with E-state index in [1.807, 2.05) is 0 Å². The van der Waals surface area contributed by atoms with Crippen LogP contribution in [0, 0.1) is 11.7 Å². The molecule has 5 nitrogen and oxygen atoms in total. The zero-order valence-corrected chi connectivity index (χ0v) is 12.2. The second-order valence-corrected chi connectivity index (χ2v) is 6.63. The van der Waals surface area contributed by atoms with E-state index in [1.54, 1.807) is 0 Å². The summed E-state index contributed by atoms with van der Waals surface area (Å²) in [6.07, 6.45) is 2.04. The fourth-order valence-corrected chi connectivity index (χ4v) is 3.35. The average molecular weight is 302 g/mol. The standard InChI is InChI=1S/C13H19FN2O3S/c1-19-13-5-4-11(7-12(13)14)20(17,18)16-9-10-3-2-6-15-8-10/h4-5,7,10,15-16H,2-3,6,8-9H2,1H3/t10-/m1/s1. The molecule has 0 radical (unpaired) electrons. The van der Waals surface area contributed by atoms with Crippen LogP contribution in [0.25, 0.3) is 0 Å². The second kappa shape index (κ2) is 6.51. The lowest BCUT2D eigenvalue weighted by molar-refractivity contribution is 0.375. The van der Waals surface area contributed by atoms with Gasteiger partial charge in [0.15, 0.2) is 11.6 Å². The number of rotatable bonds is 5. The Kier molecular flexibility index (Phi) is 4.95. The van der Waals surface area contributed by atoms with Crippen molar-refractivity contribution in [2.75, 3.05) is 26.7 Å². The van der Waals surface area contributed by atoms with Crippen molar-refractivity contribution in [2.24, 2.45) is 5.92 Å². The fraction of sp³-hybridized carbons (Fsp3) is 0.538. The molecule has 7 heteroatoms. The largest absolute Gasteiger partial charge is 0.494 e. The fourth-order valence-electron chi connectivity index (χ4n) is 2.22. The number of benzene rings is 1. The van der Waals surface area contributed by atoms with Crippen molar-refractivity contribution in [1.29, 1.82) is 0 Å². The molecule has 1 atom stereocenters. The Labute approximate surface area is 118 Å². The molecule has 0 aliphatic carbocycles. The SMILES string of the molecule is COc1ccc(S(=O)(=O)NC[C@@H]2CCCNC2)cc1F. The summed E-state index contributed by atoms with van der Waals surface area (Å²) in [5, 5.41) is 3.22. The number of hydrogen-bond donors (Lipinski definition) is 2. The van der Waals surface area contributed by atoms with Gasteiger partial charge < -0.3 is 10.1 Å². The van der Waals surface area contributed by atoms with Crippen molar-refractivity contribution in [1.82, 2.24) is 10.0 Å². The highest BCUT2D eigenvalue weighted by Crippen LogP contribution is 2.20. The van der Waals surface area contributed by atoms with E-state index in [1.165, 1.54) is 19.2 Å². The molecule has 20 heavy (non-hydrogen) atoms. The van der Waals surface area contributed by atoms with Crippen molar-refractivity contribution >= 4 is 10.0 Å². The van der Waals surface area contributed by atoms with E-state index >= 15 is 0 Å². The number of halogens is 1. The van der Waals surface area contributed by atoms with Gasteiger partial charge in [0.2, 0.25) is 10.0 Å². The molecule has 0 bridgehead atoms. The molecule has 1 aromatic carbocycles. The first-order valence-electron chi connectivity index (χ1n) is 6.57. The van der Waals surface area contributed by atoms with Crippen molar-refractivity contribution < 1.29 is 17.5 Å². The molecule has 0 unspecified atom stereocenters. The Morgan fingerprint density at radius 2 is 2.30 bits per heavy atom. The first kappa shape index (κ1) is 15.2. The number of methoxy groups -OCH3 is 1. The zero-order chi connectivity index (χ0) is 14.6. The van der Waals surface area contributed by atoms with Gasteiger partial charge in [-0.25, -0.2) is 17.5 Å². The quantitative estimate of drug-likeness (QED) is 0.855. The van der Waals surface area contributed by atoms with Crippen LogP contribution in [0.3, 0.4) is 0 Å². The van der Waals surface area contributed by atoms with Gasteiger partial charge in [0.25, 0.3) is 0 Å². The van der Waals surface area contributed by atoms with Gasteiger partial charge in [-0.2, -0.15) is 0 Å². The molecule has 0 spiro atoms. The first-order valence-corrected chi connectivity index (χ1v) is 8.05. The monoisotopic (exact) mass is 302 g/mol. The maximum absolute atomic E-state index is 13.5. The van der Waals surface area contributed by atoms with E-state index in [2.05, 4.69) is 10.0 Å². The van der Waals surface area contributed by atoms with Gasteiger partial charge in [-0.1, -0.05) is 0 Å². The summed E-state index contributed by atoms with van der Waals surface area (Å²) >= 11 is 0. The van der Waals surface area contributed by atoms with Crippen LogP contribution in [0.5, 0.6) is 5.75 Å². The van der Waals surface area contributed by atoms with Crippen LogP contribution in [0.1, 0.15) is 12.8 Å². The lowest BCUT2D eigenvalue weighted by atomic mass is 10.0. The Morgan fingerprint density at radius 1 is 1.50 bits per heavy atom. The van der Waals surface area contributed by atoms with Crippen molar-refractivity contribution in [3.63, 3.8) is 0 Å². The van der Waals surface area contributed by atoms with E-state index in [-0.39, 0.29) is 16.6 Å². The number of nitrogens with one attached hydrogen (secondary N) is 2. The third kappa shape index (κ3) is 3.68. The van der Waals surface area contributed by atoms with Gasteiger partial charge in [-0.3, -0.25) is 0 Å². The lowest BCUT2D eigenvalue weighted by Crippen LogP contribution is -2.38. The molecule has 1 aliphatic heterocycles. The lowest BCUT2D eigenvalue weighted by Gasteiger charge is -2.22. The summed E-state index contributed by atoms with van der Waals surface area (Å²) in [5.41, 5.74) is 0. The summed E-state index contributed by atoms with van der Waals surface area (Å²) in [6.45, 7) is 2.15. The van der Waals surface area contributed by atoms with Crippen LogP contribution in [0.2, 0.25) is 0 Å². The Balaban J connectivity index is 2.04. The smallest absolute Gasteiger partial charge is 0.240 e. The third-order valence-electron chi connectivity index (χ3n) is 3.39. The molecular formula is C13H19FN2O3S. The molecular weight excluding hydrogens is 283 g/mol. The average Bonchev–Trinajstić information content (AvgIpc) is 2.46. The zero-order valence-electron chi connectivity index (χ0n) is 11.4. The van der Waals surface area contributed by atoms with Gasteiger partial charge in [0, 0.05) is 6.54 Å². The highest BCUT2D eigenvalue weighted by molar-refractivity contribution is 7.89. The van der Waals surface area contributed by atoms with E-state index < -0.39 is 15.8 Å². The summed E-state index contributed by atoms with van der Waals surface area (Å²) in [7, 11) is -2.35. The normalized spacial score (nSPS) is 19.8. The minimum Gasteiger partial charge on any atom is -0.494 e. The number of hydrogen-bond acceptors (Lipinski definition) is 4. The minimum atomic E-state index is -3.68. The predicted octanol–water partition coefficient (Wildman–Crippen LogP) is 1.11. The van der Waals surface area contributed by atoms with E-state index in [4.69, 9.17) is 4.74 Å². The van der Waals surface area contributed by atoms with Crippen molar-refractivity contribution in [2.45, 2.75) is 17.7 Å². The molecule has 112 valence electrons. The summed E-state index contributed by atoms with van der Waals surface area (Å²) < 4.78 is 45.0. The highest BCUT2D eigenvalue weighted by Gasteiger charge is 2.19. The molecule has 1 fully saturated rings. The van der Waals surface area contributed by atoms with Gasteiger partial charge in [0.1, 0.15) is 0 Å². The number of ether oxygens (including phenoxy) is 1. The Morgan fingerprint density at radius 3 is 2.90 bits per heavy atom. The molecule has 1 aromatic rings. The van der Waals surface area contributed by atoms with Gasteiger partial charge in [-0.05, 0) is 50.0 Å². The predicted molar refractivity (Wildman–Crippen MR) is 73.7 cm³/mol. The van der Waals surface area contributed by atoms with Crippen LogP contribution in [-0.2, 0) is 10.0 Å². The first-order chi connectivity index (χ1) is 9.53. The highest BCUT2D eigenvalue weighted by atomic mass is 32.2. The van der Waals surface area contributed by atoms with Crippen molar-refractivity contribution in [3.05, 3.63) is 24.0 Å². The Hall–Kier alpha value is -1.18. The van der Waals surface area contributed by atoms with E-state index in [9.17, 15) is 12.8 Å². The number of sulfonamides is 1. The number of piperidine rings is 1. The Bertz CT molecular complexity index is 557. The molecule has 2 rings (SSSR count). The molecule has 1 aliphatic rings. The summed E-state index contributed by atoms with van der Waals surface area (Å²) in [4.78, 5) is -0.0837. The molecule has 1 heterocycles. The molecule has 1 saturated heterocycles. The maximum Gasteiger partial charge on any atom is 0.240 e. The van der Waals surface area contributed by atoms with Crippen LogP contribution in [-0.4, -0.2) is 35.2 Å². The molecule has 0 aromatic heterocycles. The molecule has 2 N–H and O–H groups in total. The van der Waals surface area contributed by atoms with E-state index in [0.717, 1.165) is 32.0 Å². The van der Waals surface area contributed by atoms with Crippen molar-refractivity contribution in [3.8, 4) is 5.75 Å². The van der Waals surface area contributed by atoms with Crippen LogP contribution < -0.4 is 14.8 Å². The van der Waals surface area contributed by atoms with Crippen LogP contribution in [0.4, 0.5) is 4.39 Å². The third-order valence-corrected chi connectivity index (χ3v) is 4.82. The maximum atomic E-state index is 13.5. The van der Waals surface area contributed by atoms with Crippen LogP contribution >= 0.6 is 0 Å². The summed E-state index contributed by atoms with van der Waals surface area (Å²) in [6, 6.07) is 3.62. The summed E-state index contributed by atoms with van der Waals surface area (Å²) in [5.74, 6) is -0.378. The van der Waals surface area contributed by atoms with Gasteiger partial charge in [0.05, 0.1) is 12.0 Å².